The molecule has 0 saturated carbocycles. The van der Waals surface area contributed by atoms with Crippen molar-refractivity contribution < 1.29 is 80.2 Å². The van der Waals surface area contributed by atoms with Crippen LogP contribution in [0.4, 0.5) is 0 Å². The van der Waals surface area contributed by atoms with Crippen molar-refractivity contribution in [3.63, 3.8) is 0 Å². The van der Waals surface area contributed by atoms with E-state index in [0.717, 1.165) is 102 Å². The molecule has 0 heterocycles. The average Bonchev–Trinajstić information content (AvgIpc) is 0.900. The third-order valence-corrected chi connectivity index (χ3v) is 24.0. The van der Waals surface area contributed by atoms with Crippen molar-refractivity contribution in [2.45, 2.75) is 516 Å². The highest BCUT2D eigenvalue weighted by Crippen LogP contribution is 2.45. The Morgan fingerprint density at radius 1 is 0.261 bits per heavy atom. The van der Waals surface area contributed by atoms with Gasteiger partial charge in [0, 0.05) is 25.7 Å². The van der Waals surface area contributed by atoms with Crippen molar-refractivity contribution in [1.29, 1.82) is 0 Å². The number of hydrogen-bond acceptors (Lipinski definition) is 15. The molecule has 0 fully saturated rings. The van der Waals surface area contributed by atoms with Crippen molar-refractivity contribution in [3.8, 4) is 0 Å². The molecule has 0 rings (SSSR count). The number of ether oxygens (including phenoxy) is 4. The van der Waals surface area contributed by atoms with Gasteiger partial charge in [-0.3, -0.25) is 37.3 Å². The van der Waals surface area contributed by atoms with Crippen LogP contribution in [0.25, 0.3) is 0 Å². The Morgan fingerprint density at radius 2 is 0.459 bits per heavy atom. The van der Waals surface area contributed by atoms with Crippen LogP contribution in [0.15, 0.2) is 0 Å². The lowest BCUT2D eigenvalue weighted by Gasteiger charge is -2.21. The first-order valence-electron chi connectivity index (χ1n) is 47.5. The van der Waals surface area contributed by atoms with Gasteiger partial charge in [-0.05, 0) is 37.5 Å². The molecule has 17 nitrogen and oxygen atoms in total. The molecule has 0 amide bonds. The molecule has 0 saturated heterocycles. The van der Waals surface area contributed by atoms with Crippen LogP contribution in [0.3, 0.4) is 0 Å². The van der Waals surface area contributed by atoms with Crippen LogP contribution in [0.1, 0.15) is 497 Å². The molecule has 0 aliphatic rings. The molecule has 0 aliphatic carbocycles. The van der Waals surface area contributed by atoms with E-state index in [1.54, 1.807) is 0 Å². The number of hydrogen-bond donors (Lipinski definition) is 3. The number of phosphoric ester groups is 2. The molecule has 111 heavy (non-hydrogen) atoms. The Bertz CT molecular complexity index is 2120. The molecular weight excluding hydrogens is 1440 g/mol. The van der Waals surface area contributed by atoms with Crippen LogP contribution in [0, 0.1) is 11.8 Å². The number of esters is 4. The third kappa shape index (κ3) is 84.3. The van der Waals surface area contributed by atoms with Crippen molar-refractivity contribution in [1.82, 2.24) is 0 Å². The van der Waals surface area contributed by atoms with Gasteiger partial charge in [0.05, 0.1) is 26.4 Å². The predicted octanol–water partition coefficient (Wildman–Crippen LogP) is 28.6. The van der Waals surface area contributed by atoms with E-state index in [-0.39, 0.29) is 25.7 Å². The maximum atomic E-state index is 13.2. The molecule has 0 aromatic rings. The number of aliphatic hydroxyl groups excluding tert-OH is 1. The van der Waals surface area contributed by atoms with Gasteiger partial charge in [0.15, 0.2) is 12.2 Å². The van der Waals surface area contributed by atoms with E-state index in [0.29, 0.717) is 25.7 Å². The minimum Gasteiger partial charge on any atom is -0.462 e. The first-order valence-corrected chi connectivity index (χ1v) is 50.5. The summed E-state index contributed by atoms with van der Waals surface area (Å²) in [5.41, 5.74) is 0. The van der Waals surface area contributed by atoms with Crippen molar-refractivity contribution in [3.05, 3.63) is 0 Å². The Kier molecular flexibility index (Phi) is 81.7. The Morgan fingerprint density at radius 3 is 0.685 bits per heavy atom. The first-order chi connectivity index (χ1) is 53.9. The number of aliphatic hydroxyl groups is 1. The van der Waals surface area contributed by atoms with Crippen LogP contribution in [-0.4, -0.2) is 96.7 Å². The number of carbonyl (C=O) groups is 4. The largest absolute Gasteiger partial charge is 0.472 e. The molecule has 3 N–H and O–H groups in total. The van der Waals surface area contributed by atoms with Crippen LogP contribution in [-0.2, 0) is 65.4 Å². The van der Waals surface area contributed by atoms with E-state index >= 15 is 0 Å². The fraction of sp³-hybridized carbons (Fsp3) is 0.957. The molecule has 0 radical (unpaired) electrons. The first kappa shape index (κ1) is 109. The molecule has 6 atom stereocenters. The zero-order chi connectivity index (χ0) is 81.3. The lowest BCUT2D eigenvalue weighted by Crippen LogP contribution is -2.30. The second-order valence-corrected chi connectivity index (χ2v) is 36.7. The normalized spacial score (nSPS) is 14.0. The van der Waals surface area contributed by atoms with Gasteiger partial charge in [0.25, 0.3) is 0 Å². The SMILES string of the molecule is CCCCCCCCCCCCCCCCCCCCCC(=O)OC[C@H](COP(=O)(O)OC[C@@H](O)COP(=O)(O)OC[C@@H](COC(=O)CCCCCCCCCCCCCCC)OC(=O)CCCCCCCCCCCCCCCCC(C)CC)OC(=O)CCCCCCCCCCCCCCCCCCCCC(C)C. The van der Waals surface area contributed by atoms with Gasteiger partial charge in [-0.15, -0.1) is 0 Å². The molecule has 0 aliphatic heterocycles. The number of phosphoric acid groups is 2. The molecular formula is C92H180O17P2. The molecule has 3 unspecified atom stereocenters. The maximum Gasteiger partial charge on any atom is 0.472 e. The van der Waals surface area contributed by atoms with Crippen LogP contribution >= 0.6 is 15.6 Å². The zero-order valence-corrected chi connectivity index (χ0v) is 75.1. The van der Waals surface area contributed by atoms with E-state index in [4.69, 9.17) is 37.0 Å². The van der Waals surface area contributed by atoms with Crippen molar-refractivity contribution in [2.75, 3.05) is 39.6 Å². The maximum absolute atomic E-state index is 13.2. The van der Waals surface area contributed by atoms with E-state index in [1.807, 2.05) is 0 Å². The van der Waals surface area contributed by atoms with Gasteiger partial charge >= 0.3 is 39.5 Å². The minimum absolute atomic E-state index is 0.108. The van der Waals surface area contributed by atoms with E-state index < -0.39 is 97.5 Å². The molecule has 660 valence electrons. The van der Waals surface area contributed by atoms with Gasteiger partial charge in [0.1, 0.15) is 19.3 Å². The lowest BCUT2D eigenvalue weighted by atomic mass is 9.99. The fourth-order valence-corrected chi connectivity index (χ4v) is 16.0. The fourth-order valence-electron chi connectivity index (χ4n) is 14.4. The Hall–Kier alpha value is -1.94. The van der Waals surface area contributed by atoms with Crippen LogP contribution < -0.4 is 0 Å². The highest BCUT2D eigenvalue weighted by atomic mass is 31.2. The van der Waals surface area contributed by atoms with E-state index in [1.165, 1.54) is 315 Å². The van der Waals surface area contributed by atoms with Crippen molar-refractivity contribution in [2.24, 2.45) is 11.8 Å². The summed E-state index contributed by atoms with van der Waals surface area (Å²) in [6, 6.07) is 0. The second-order valence-electron chi connectivity index (χ2n) is 33.8. The monoisotopic (exact) mass is 1620 g/mol. The molecule has 0 aromatic heterocycles. The number of carbonyl (C=O) groups excluding carboxylic acids is 4. The summed E-state index contributed by atoms with van der Waals surface area (Å²) in [5.74, 6) is -0.426. The molecule has 0 aromatic carbocycles. The summed E-state index contributed by atoms with van der Waals surface area (Å²) in [6.07, 6.45) is 77.7. The lowest BCUT2D eigenvalue weighted by molar-refractivity contribution is -0.161. The standard InChI is InChI=1S/C92H180O17P2/c1-7-10-12-14-16-18-20-22-23-24-25-29-32-39-45-51-57-63-69-75-90(95)103-81-88(108-91(96)76-70-64-58-52-46-40-33-30-27-26-28-31-37-42-48-54-60-66-72-84(4)5)83-107-111(100,101)105-79-86(93)78-104-110(98,99)106-82-87(80-102-89(94)74-68-62-56-50-44-36-21-19-17-15-13-11-8-2)109-92(97)77-71-65-59-53-47-41-35-34-38-43-49-55-61-67-73-85(6)9-3/h84-88,93H,7-83H2,1-6H3,(H,98,99)(H,100,101)/t85?,86-,87+,88+/m0/s1. The molecule has 0 spiro atoms. The topological polar surface area (TPSA) is 237 Å². The van der Waals surface area contributed by atoms with Gasteiger partial charge in [0.2, 0.25) is 0 Å². The smallest absolute Gasteiger partial charge is 0.462 e. The van der Waals surface area contributed by atoms with Crippen LogP contribution in [0.2, 0.25) is 0 Å². The van der Waals surface area contributed by atoms with Crippen LogP contribution in [0.5, 0.6) is 0 Å². The van der Waals surface area contributed by atoms with Gasteiger partial charge < -0.3 is 33.8 Å². The van der Waals surface area contributed by atoms with Gasteiger partial charge in [-0.1, -0.05) is 446 Å². The predicted molar refractivity (Wildman–Crippen MR) is 460 cm³/mol. The van der Waals surface area contributed by atoms with E-state index in [9.17, 15) is 43.2 Å². The van der Waals surface area contributed by atoms with Gasteiger partial charge in [-0.2, -0.15) is 0 Å². The third-order valence-electron chi connectivity index (χ3n) is 22.1. The Labute approximate surface area is 683 Å². The van der Waals surface area contributed by atoms with Crippen molar-refractivity contribution >= 4 is 39.5 Å². The number of rotatable bonds is 91. The Balaban J connectivity index is 5.26. The molecule has 0 bridgehead atoms. The summed E-state index contributed by atoms with van der Waals surface area (Å²) >= 11 is 0. The number of unbranched alkanes of at least 4 members (excludes halogenated alkanes) is 60. The summed E-state index contributed by atoms with van der Waals surface area (Å²) in [7, 11) is -9.94. The van der Waals surface area contributed by atoms with Gasteiger partial charge in [-0.25, -0.2) is 9.13 Å². The minimum atomic E-state index is -4.97. The molecule has 19 heteroatoms. The quantitative estimate of drug-likeness (QED) is 0.0222. The highest BCUT2D eigenvalue weighted by Gasteiger charge is 2.31. The highest BCUT2D eigenvalue weighted by molar-refractivity contribution is 7.47. The van der Waals surface area contributed by atoms with E-state index in [2.05, 4.69) is 41.5 Å². The summed E-state index contributed by atoms with van der Waals surface area (Å²) < 4.78 is 69.1. The second kappa shape index (κ2) is 83.1. The summed E-state index contributed by atoms with van der Waals surface area (Å²) in [4.78, 5) is 73.5. The summed E-state index contributed by atoms with van der Waals surface area (Å²) in [5, 5.41) is 10.7. The zero-order valence-electron chi connectivity index (χ0n) is 73.3. The average molecular weight is 1620 g/mol. The summed E-state index contributed by atoms with van der Waals surface area (Å²) in [6.45, 7) is 9.81.